The molecule has 0 fully saturated rings. The lowest BCUT2D eigenvalue weighted by atomic mass is 10.4. The molecule has 1 rings (SSSR count). The summed E-state index contributed by atoms with van der Waals surface area (Å²) in [6.45, 7) is 3.88. The number of nitrogens with zero attached hydrogens (tertiary/aromatic N) is 3. The van der Waals surface area contributed by atoms with Crippen LogP contribution in [0.4, 0.5) is 11.6 Å². The van der Waals surface area contributed by atoms with Crippen LogP contribution >= 0.6 is 0 Å². The number of aromatic nitrogens is 2. The van der Waals surface area contributed by atoms with Crippen molar-refractivity contribution in [2.24, 2.45) is 0 Å². The van der Waals surface area contributed by atoms with Gasteiger partial charge in [0.1, 0.15) is 18.2 Å². The Bertz CT molecular complexity index is 346. The van der Waals surface area contributed by atoms with Crippen molar-refractivity contribution in [1.82, 2.24) is 9.97 Å². The van der Waals surface area contributed by atoms with E-state index < -0.39 is 0 Å². The average Bonchev–Trinajstić information content (AvgIpc) is 2.39. The smallest absolute Gasteiger partial charge is 0.158 e. The lowest BCUT2D eigenvalue weighted by Crippen LogP contribution is -2.31. The Hall–Kier alpha value is -1.44. The van der Waals surface area contributed by atoms with Crippen molar-refractivity contribution in [2.45, 2.75) is 13.5 Å². The predicted molar refractivity (Wildman–Crippen MR) is 73.3 cm³/mol. The van der Waals surface area contributed by atoms with Gasteiger partial charge in [-0.15, -0.1) is 0 Å². The van der Waals surface area contributed by atoms with Crippen molar-refractivity contribution in [2.75, 3.05) is 50.2 Å². The third-order valence-electron chi connectivity index (χ3n) is 2.45. The molecule has 0 spiro atoms. The Labute approximate surface area is 113 Å². The largest absolute Gasteiger partial charge is 0.395 e. The maximum absolute atomic E-state index is 9.06. The summed E-state index contributed by atoms with van der Waals surface area (Å²) in [6.07, 6.45) is 0. The van der Waals surface area contributed by atoms with Gasteiger partial charge in [-0.3, -0.25) is 0 Å². The van der Waals surface area contributed by atoms with E-state index in [0.29, 0.717) is 37.2 Å². The Morgan fingerprint density at radius 3 is 2.47 bits per heavy atom. The highest BCUT2D eigenvalue weighted by Crippen LogP contribution is 2.16. The van der Waals surface area contributed by atoms with E-state index >= 15 is 0 Å². The molecule has 0 unspecified atom stereocenters. The summed E-state index contributed by atoms with van der Waals surface area (Å²) in [7, 11) is 1.59. The van der Waals surface area contributed by atoms with Crippen LogP contribution in [-0.2, 0) is 11.3 Å². The van der Waals surface area contributed by atoms with Crippen LogP contribution in [0.1, 0.15) is 12.7 Å². The summed E-state index contributed by atoms with van der Waals surface area (Å²) in [6, 6.07) is 1.80. The molecule has 3 N–H and O–H groups in total. The van der Waals surface area contributed by atoms with Crippen LogP contribution in [0.15, 0.2) is 6.07 Å². The molecular weight excluding hydrogens is 248 g/mol. The van der Waals surface area contributed by atoms with E-state index in [2.05, 4.69) is 15.3 Å². The first-order valence-corrected chi connectivity index (χ1v) is 6.32. The summed E-state index contributed by atoms with van der Waals surface area (Å²) in [5, 5.41) is 21.3. The van der Waals surface area contributed by atoms with E-state index in [1.165, 1.54) is 0 Å². The molecule has 0 saturated heterocycles. The summed E-state index contributed by atoms with van der Waals surface area (Å²) in [4.78, 5) is 10.5. The first-order chi connectivity index (χ1) is 9.24. The first kappa shape index (κ1) is 15.6. The molecule has 0 aliphatic heterocycles. The standard InChI is InChI=1S/C12H22N4O3/c1-3-13-10-8-12(15-11(14-10)9-19-2)16(4-6-17)5-7-18/h8,17-18H,3-7,9H2,1-2H3,(H,13,14,15). The molecule has 0 aromatic carbocycles. The van der Waals surface area contributed by atoms with Gasteiger partial charge in [0.05, 0.1) is 13.2 Å². The monoisotopic (exact) mass is 270 g/mol. The second kappa shape index (κ2) is 8.63. The summed E-state index contributed by atoms with van der Waals surface area (Å²) in [5.41, 5.74) is 0. The van der Waals surface area contributed by atoms with E-state index in [1.807, 2.05) is 11.8 Å². The molecule has 7 heteroatoms. The van der Waals surface area contributed by atoms with Gasteiger partial charge < -0.3 is 25.2 Å². The number of anilines is 2. The van der Waals surface area contributed by atoms with Crippen LogP contribution in [0.2, 0.25) is 0 Å². The Balaban J connectivity index is 3.00. The van der Waals surface area contributed by atoms with E-state index in [-0.39, 0.29) is 13.2 Å². The normalized spacial score (nSPS) is 10.5. The van der Waals surface area contributed by atoms with Gasteiger partial charge in [-0.25, -0.2) is 9.97 Å². The molecule has 108 valence electrons. The van der Waals surface area contributed by atoms with Gasteiger partial charge in [-0.2, -0.15) is 0 Å². The third kappa shape index (κ3) is 4.98. The molecular formula is C12H22N4O3. The van der Waals surface area contributed by atoms with Crippen molar-refractivity contribution in [3.05, 3.63) is 11.9 Å². The average molecular weight is 270 g/mol. The van der Waals surface area contributed by atoms with Crippen LogP contribution in [0.25, 0.3) is 0 Å². The van der Waals surface area contributed by atoms with E-state index in [1.54, 1.807) is 13.2 Å². The van der Waals surface area contributed by atoms with Gasteiger partial charge in [0.2, 0.25) is 0 Å². The summed E-state index contributed by atoms with van der Waals surface area (Å²) < 4.78 is 5.05. The number of rotatable bonds is 9. The number of aliphatic hydroxyl groups is 2. The minimum Gasteiger partial charge on any atom is -0.395 e. The Morgan fingerprint density at radius 1 is 1.26 bits per heavy atom. The molecule has 1 aromatic rings. The van der Waals surface area contributed by atoms with Gasteiger partial charge >= 0.3 is 0 Å². The fourth-order valence-corrected chi connectivity index (χ4v) is 1.69. The molecule has 1 heterocycles. The highest BCUT2D eigenvalue weighted by molar-refractivity contribution is 5.49. The fraction of sp³-hybridized carbons (Fsp3) is 0.667. The highest BCUT2D eigenvalue weighted by atomic mass is 16.5. The van der Waals surface area contributed by atoms with Crippen molar-refractivity contribution in [3.8, 4) is 0 Å². The Kier molecular flexibility index (Phi) is 7.09. The molecule has 7 nitrogen and oxygen atoms in total. The van der Waals surface area contributed by atoms with Crippen molar-refractivity contribution in [3.63, 3.8) is 0 Å². The van der Waals surface area contributed by atoms with Crippen LogP contribution in [-0.4, -0.2) is 60.1 Å². The summed E-state index contributed by atoms with van der Waals surface area (Å²) in [5.74, 6) is 1.94. The second-order valence-corrected chi connectivity index (χ2v) is 3.93. The lowest BCUT2D eigenvalue weighted by Gasteiger charge is -2.22. The number of ether oxygens (including phenoxy) is 1. The molecule has 0 aliphatic carbocycles. The van der Waals surface area contributed by atoms with E-state index in [9.17, 15) is 0 Å². The number of hydrogen-bond acceptors (Lipinski definition) is 7. The number of methoxy groups -OCH3 is 1. The minimum atomic E-state index is 0.000152. The SMILES string of the molecule is CCNc1cc(N(CCO)CCO)nc(COC)n1. The van der Waals surface area contributed by atoms with Gasteiger partial charge in [-0.05, 0) is 6.92 Å². The maximum Gasteiger partial charge on any atom is 0.158 e. The zero-order chi connectivity index (χ0) is 14.1. The molecule has 0 aliphatic rings. The first-order valence-electron chi connectivity index (χ1n) is 6.32. The third-order valence-corrected chi connectivity index (χ3v) is 2.45. The van der Waals surface area contributed by atoms with Gasteiger partial charge in [-0.1, -0.05) is 0 Å². The highest BCUT2D eigenvalue weighted by Gasteiger charge is 2.11. The Morgan fingerprint density at radius 2 is 1.95 bits per heavy atom. The van der Waals surface area contributed by atoms with Gasteiger partial charge in [0, 0.05) is 32.8 Å². The van der Waals surface area contributed by atoms with E-state index in [0.717, 1.165) is 6.54 Å². The van der Waals surface area contributed by atoms with Gasteiger partial charge in [0.25, 0.3) is 0 Å². The molecule has 0 atom stereocenters. The van der Waals surface area contributed by atoms with Gasteiger partial charge in [0.15, 0.2) is 5.82 Å². The molecule has 0 amide bonds. The van der Waals surface area contributed by atoms with Crippen LogP contribution in [0.3, 0.4) is 0 Å². The minimum absolute atomic E-state index is 0.000152. The molecule has 0 saturated carbocycles. The second-order valence-electron chi connectivity index (χ2n) is 3.93. The quantitative estimate of drug-likeness (QED) is 0.574. The van der Waals surface area contributed by atoms with Crippen LogP contribution in [0, 0.1) is 0 Å². The molecule has 1 aromatic heterocycles. The van der Waals surface area contributed by atoms with Crippen molar-refractivity contribution in [1.29, 1.82) is 0 Å². The molecule has 19 heavy (non-hydrogen) atoms. The van der Waals surface area contributed by atoms with Crippen molar-refractivity contribution >= 4 is 11.6 Å². The summed E-state index contributed by atoms with van der Waals surface area (Å²) >= 11 is 0. The van der Waals surface area contributed by atoms with E-state index in [4.69, 9.17) is 14.9 Å². The van der Waals surface area contributed by atoms with Crippen LogP contribution < -0.4 is 10.2 Å². The van der Waals surface area contributed by atoms with Crippen LogP contribution in [0.5, 0.6) is 0 Å². The molecule has 0 bridgehead atoms. The fourth-order valence-electron chi connectivity index (χ4n) is 1.69. The van der Waals surface area contributed by atoms with Crippen molar-refractivity contribution < 1.29 is 14.9 Å². The molecule has 0 radical (unpaired) electrons. The number of hydrogen-bond donors (Lipinski definition) is 3. The number of aliphatic hydroxyl groups excluding tert-OH is 2. The zero-order valence-electron chi connectivity index (χ0n) is 11.5. The predicted octanol–water partition coefficient (Wildman–Crippen LogP) is -0.154. The lowest BCUT2D eigenvalue weighted by molar-refractivity contribution is 0.178. The zero-order valence-corrected chi connectivity index (χ0v) is 11.5. The topological polar surface area (TPSA) is 90.7 Å². The number of nitrogens with one attached hydrogen (secondary N) is 1. The maximum atomic E-state index is 9.06.